The van der Waals surface area contributed by atoms with E-state index in [0.717, 1.165) is 5.56 Å². The first-order chi connectivity index (χ1) is 11.5. The molecule has 3 amide bonds. The van der Waals surface area contributed by atoms with Crippen molar-refractivity contribution in [3.8, 4) is 0 Å². The van der Waals surface area contributed by atoms with E-state index in [2.05, 4.69) is 15.8 Å². The third-order valence-electron chi connectivity index (χ3n) is 4.00. The molecule has 24 heavy (non-hydrogen) atoms. The van der Waals surface area contributed by atoms with E-state index in [4.69, 9.17) is 4.52 Å². The second-order valence-electron chi connectivity index (χ2n) is 5.63. The van der Waals surface area contributed by atoms with Gasteiger partial charge in [-0.15, -0.1) is 0 Å². The Bertz CT molecular complexity index is 810. The molecule has 1 atom stereocenters. The molecule has 0 fully saturated rings. The SMILES string of the molecule is CC1=C(C(=O)Nc2cc(C)on2)[C@H](c2ccccc2)NC(=O)N1C. The van der Waals surface area contributed by atoms with Crippen LogP contribution in [0.25, 0.3) is 0 Å². The molecule has 1 aromatic heterocycles. The first kappa shape index (κ1) is 15.8. The highest BCUT2D eigenvalue weighted by Crippen LogP contribution is 2.30. The Labute approximate surface area is 139 Å². The van der Waals surface area contributed by atoms with Crippen LogP contribution in [0, 0.1) is 6.92 Å². The van der Waals surface area contributed by atoms with Crippen LogP contribution in [0.1, 0.15) is 24.3 Å². The number of aryl methyl sites for hydroxylation is 1. The number of nitrogens with zero attached hydrogens (tertiary/aromatic N) is 2. The Kier molecular flexibility index (Phi) is 4.07. The van der Waals surface area contributed by atoms with E-state index >= 15 is 0 Å². The minimum Gasteiger partial charge on any atom is -0.360 e. The van der Waals surface area contributed by atoms with E-state index in [9.17, 15) is 9.59 Å². The van der Waals surface area contributed by atoms with Gasteiger partial charge < -0.3 is 20.1 Å². The van der Waals surface area contributed by atoms with Gasteiger partial charge in [0.1, 0.15) is 5.76 Å². The van der Waals surface area contributed by atoms with Crippen LogP contribution in [-0.2, 0) is 4.79 Å². The van der Waals surface area contributed by atoms with Gasteiger partial charge in [-0.25, -0.2) is 4.79 Å². The van der Waals surface area contributed by atoms with Gasteiger partial charge in [-0.1, -0.05) is 35.5 Å². The summed E-state index contributed by atoms with van der Waals surface area (Å²) < 4.78 is 4.97. The van der Waals surface area contributed by atoms with Crippen LogP contribution >= 0.6 is 0 Å². The van der Waals surface area contributed by atoms with Crippen molar-refractivity contribution in [3.63, 3.8) is 0 Å². The molecule has 7 heteroatoms. The summed E-state index contributed by atoms with van der Waals surface area (Å²) in [4.78, 5) is 26.4. The maximum Gasteiger partial charge on any atom is 0.322 e. The highest BCUT2D eigenvalue weighted by atomic mass is 16.5. The number of aromatic nitrogens is 1. The van der Waals surface area contributed by atoms with E-state index in [1.165, 1.54) is 4.90 Å². The van der Waals surface area contributed by atoms with Gasteiger partial charge in [0.15, 0.2) is 5.82 Å². The predicted molar refractivity (Wildman–Crippen MR) is 88.0 cm³/mol. The first-order valence-electron chi connectivity index (χ1n) is 7.52. The normalized spacial score (nSPS) is 17.7. The lowest BCUT2D eigenvalue weighted by molar-refractivity contribution is -0.113. The molecule has 0 bridgehead atoms. The fourth-order valence-electron chi connectivity index (χ4n) is 2.63. The van der Waals surface area contributed by atoms with Gasteiger partial charge in [-0.2, -0.15) is 0 Å². The van der Waals surface area contributed by atoms with Crippen LogP contribution in [0.4, 0.5) is 10.6 Å². The smallest absolute Gasteiger partial charge is 0.322 e. The Balaban J connectivity index is 1.98. The maximum absolute atomic E-state index is 12.8. The first-order valence-corrected chi connectivity index (χ1v) is 7.52. The summed E-state index contributed by atoms with van der Waals surface area (Å²) in [6, 6.07) is 10.2. The Hall–Kier alpha value is -3.09. The zero-order chi connectivity index (χ0) is 17.3. The Morgan fingerprint density at radius 3 is 2.62 bits per heavy atom. The van der Waals surface area contributed by atoms with Crippen LogP contribution in [0.15, 0.2) is 52.2 Å². The summed E-state index contributed by atoms with van der Waals surface area (Å²) in [7, 11) is 1.62. The quantitative estimate of drug-likeness (QED) is 0.907. The molecule has 124 valence electrons. The van der Waals surface area contributed by atoms with Gasteiger partial charge in [0.05, 0.1) is 11.6 Å². The summed E-state index contributed by atoms with van der Waals surface area (Å²) in [5.74, 6) is 0.607. The van der Waals surface area contributed by atoms with Crippen molar-refractivity contribution in [3.05, 3.63) is 59.0 Å². The van der Waals surface area contributed by atoms with Crippen LogP contribution < -0.4 is 10.6 Å². The predicted octanol–water partition coefficient (Wildman–Crippen LogP) is 2.59. The van der Waals surface area contributed by atoms with Gasteiger partial charge in [-0.3, -0.25) is 4.79 Å². The molecule has 0 aliphatic carbocycles. The summed E-state index contributed by atoms with van der Waals surface area (Å²) in [5, 5.41) is 9.35. The van der Waals surface area contributed by atoms with Crippen molar-refractivity contribution in [2.45, 2.75) is 19.9 Å². The third kappa shape index (κ3) is 2.88. The van der Waals surface area contributed by atoms with Gasteiger partial charge in [0, 0.05) is 18.8 Å². The van der Waals surface area contributed by atoms with Crippen molar-refractivity contribution < 1.29 is 14.1 Å². The van der Waals surface area contributed by atoms with Crippen molar-refractivity contribution in [1.29, 1.82) is 0 Å². The molecule has 2 N–H and O–H groups in total. The largest absolute Gasteiger partial charge is 0.360 e. The van der Waals surface area contributed by atoms with Crippen LogP contribution in [0.2, 0.25) is 0 Å². The molecular weight excluding hydrogens is 308 g/mol. The average molecular weight is 326 g/mol. The molecule has 1 aliphatic rings. The average Bonchev–Trinajstić information content (AvgIpc) is 2.97. The molecule has 0 saturated carbocycles. The zero-order valence-electron chi connectivity index (χ0n) is 13.7. The van der Waals surface area contributed by atoms with Gasteiger partial charge in [0.2, 0.25) is 0 Å². The van der Waals surface area contributed by atoms with Gasteiger partial charge in [0.25, 0.3) is 5.91 Å². The lowest BCUT2D eigenvalue weighted by atomic mass is 9.94. The molecule has 1 aliphatic heterocycles. The van der Waals surface area contributed by atoms with Crippen molar-refractivity contribution >= 4 is 17.8 Å². The summed E-state index contributed by atoms with van der Waals surface area (Å²) in [5.41, 5.74) is 1.88. The van der Waals surface area contributed by atoms with Crippen molar-refractivity contribution in [2.75, 3.05) is 12.4 Å². The number of carbonyl (C=O) groups excluding carboxylic acids is 2. The van der Waals surface area contributed by atoms with Crippen LogP contribution in [-0.4, -0.2) is 29.0 Å². The Morgan fingerprint density at radius 1 is 1.29 bits per heavy atom. The van der Waals surface area contributed by atoms with E-state index < -0.39 is 6.04 Å². The number of anilines is 1. The van der Waals surface area contributed by atoms with Crippen LogP contribution in [0.5, 0.6) is 0 Å². The standard InChI is InChI=1S/C17H18N4O3/c1-10-9-13(20-24-10)18-16(22)14-11(2)21(3)17(23)19-15(14)12-7-5-4-6-8-12/h4-9,15H,1-3H3,(H,19,23)(H,18,20,22)/t15-/m0/s1. The number of rotatable bonds is 3. The van der Waals surface area contributed by atoms with Gasteiger partial charge in [-0.05, 0) is 19.4 Å². The van der Waals surface area contributed by atoms with Crippen LogP contribution in [0.3, 0.4) is 0 Å². The number of allylic oxidation sites excluding steroid dienone is 1. The van der Waals surface area contributed by atoms with Gasteiger partial charge >= 0.3 is 6.03 Å². The molecule has 0 spiro atoms. The number of hydrogen-bond donors (Lipinski definition) is 2. The molecule has 2 aromatic rings. The van der Waals surface area contributed by atoms with Crippen molar-refractivity contribution in [1.82, 2.24) is 15.4 Å². The molecule has 3 rings (SSSR count). The fraction of sp³-hybridized carbons (Fsp3) is 0.235. The van der Waals surface area contributed by atoms with E-state index in [-0.39, 0.29) is 11.9 Å². The molecule has 0 saturated heterocycles. The second-order valence-corrected chi connectivity index (χ2v) is 5.63. The summed E-state index contributed by atoms with van der Waals surface area (Å²) in [6.45, 7) is 3.49. The topological polar surface area (TPSA) is 87.5 Å². The third-order valence-corrected chi connectivity index (χ3v) is 4.00. The Morgan fingerprint density at radius 2 is 2.00 bits per heavy atom. The highest BCUT2D eigenvalue weighted by Gasteiger charge is 2.34. The number of urea groups is 1. The monoisotopic (exact) mass is 326 g/mol. The summed E-state index contributed by atoms with van der Waals surface area (Å²) >= 11 is 0. The number of benzene rings is 1. The minimum absolute atomic E-state index is 0.254. The number of carbonyl (C=O) groups is 2. The highest BCUT2D eigenvalue weighted by molar-refractivity contribution is 6.06. The number of nitrogens with one attached hydrogen (secondary N) is 2. The second kappa shape index (κ2) is 6.19. The summed E-state index contributed by atoms with van der Waals surface area (Å²) in [6.07, 6.45) is 0. The molecule has 0 unspecified atom stereocenters. The van der Waals surface area contributed by atoms with E-state index in [1.54, 1.807) is 27.0 Å². The lowest BCUT2D eigenvalue weighted by Gasteiger charge is -2.33. The molecular formula is C17H18N4O3. The number of hydrogen-bond acceptors (Lipinski definition) is 4. The lowest BCUT2D eigenvalue weighted by Crippen LogP contribution is -2.46. The van der Waals surface area contributed by atoms with E-state index in [0.29, 0.717) is 22.8 Å². The van der Waals surface area contributed by atoms with Crippen molar-refractivity contribution in [2.24, 2.45) is 0 Å². The maximum atomic E-state index is 12.8. The van der Waals surface area contributed by atoms with E-state index in [1.807, 2.05) is 30.3 Å². The zero-order valence-corrected chi connectivity index (χ0v) is 13.7. The number of amides is 3. The molecule has 2 heterocycles. The fourth-order valence-corrected chi connectivity index (χ4v) is 2.63. The molecule has 1 aromatic carbocycles. The minimum atomic E-state index is -0.525. The molecule has 0 radical (unpaired) electrons. The molecule has 7 nitrogen and oxygen atoms in total.